The normalized spacial score (nSPS) is 21.0. The standard InChI is InChI=1S/C13H20N2O4S/c1-15-6-7-19-12(9-15)8-14-20(17,18)13-5-3-2-4-11(13)10-16/h2-5,12,14,16H,6-10H2,1H3. The molecule has 1 fully saturated rings. The fourth-order valence-electron chi connectivity index (χ4n) is 2.17. The molecule has 20 heavy (non-hydrogen) atoms. The summed E-state index contributed by atoms with van der Waals surface area (Å²) in [5.41, 5.74) is 0.390. The van der Waals surface area contributed by atoms with Crippen LogP contribution in [0.25, 0.3) is 0 Å². The Labute approximate surface area is 119 Å². The zero-order valence-electron chi connectivity index (χ0n) is 11.4. The number of ether oxygens (including phenoxy) is 1. The third-order valence-electron chi connectivity index (χ3n) is 3.28. The molecule has 1 saturated heterocycles. The zero-order chi connectivity index (χ0) is 14.6. The highest BCUT2D eigenvalue weighted by Gasteiger charge is 2.22. The van der Waals surface area contributed by atoms with Gasteiger partial charge in [-0.1, -0.05) is 18.2 Å². The Balaban J connectivity index is 2.04. The smallest absolute Gasteiger partial charge is 0.241 e. The van der Waals surface area contributed by atoms with Crippen LogP contribution in [-0.2, 0) is 21.4 Å². The summed E-state index contributed by atoms with van der Waals surface area (Å²) >= 11 is 0. The van der Waals surface area contributed by atoms with E-state index in [1.807, 2.05) is 7.05 Å². The molecule has 0 aromatic heterocycles. The van der Waals surface area contributed by atoms with Crippen molar-refractivity contribution < 1.29 is 18.3 Å². The second-order valence-electron chi connectivity index (χ2n) is 4.87. The number of hydrogen-bond acceptors (Lipinski definition) is 5. The molecule has 1 aromatic rings. The van der Waals surface area contributed by atoms with Gasteiger partial charge in [0.2, 0.25) is 10.0 Å². The van der Waals surface area contributed by atoms with Crippen LogP contribution in [0.2, 0.25) is 0 Å². The summed E-state index contributed by atoms with van der Waals surface area (Å²) in [6.07, 6.45) is -0.148. The molecule has 6 nitrogen and oxygen atoms in total. The highest BCUT2D eigenvalue weighted by molar-refractivity contribution is 7.89. The number of likely N-dealkylation sites (N-methyl/N-ethyl adjacent to an activating group) is 1. The largest absolute Gasteiger partial charge is 0.392 e. The van der Waals surface area contributed by atoms with E-state index in [0.717, 1.165) is 6.54 Å². The lowest BCUT2D eigenvalue weighted by Crippen LogP contribution is -2.45. The molecule has 1 aromatic carbocycles. The SMILES string of the molecule is CN1CCOC(CNS(=O)(=O)c2ccccc2CO)C1. The summed E-state index contributed by atoms with van der Waals surface area (Å²) < 4.78 is 32.6. The minimum atomic E-state index is -3.63. The van der Waals surface area contributed by atoms with E-state index in [0.29, 0.717) is 18.7 Å². The molecule has 1 aliphatic rings. The Bertz CT molecular complexity index is 547. The number of morpholine rings is 1. The number of nitrogens with zero attached hydrogens (tertiary/aromatic N) is 1. The molecule has 0 saturated carbocycles. The minimum absolute atomic E-state index is 0.117. The van der Waals surface area contributed by atoms with Crippen molar-refractivity contribution >= 4 is 10.0 Å². The van der Waals surface area contributed by atoms with Gasteiger partial charge >= 0.3 is 0 Å². The quantitative estimate of drug-likeness (QED) is 0.786. The molecule has 1 heterocycles. The molecule has 0 bridgehead atoms. The van der Waals surface area contributed by atoms with E-state index in [9.17, 15) is 13.5 Å². The van der Waals surface area contributed by atoms with Crippen LogP contribution in [-0.4, -0.2) is 57.8 Å². The molecule has 0 radical (unpaired) electrons. The average molecular weight is 300 g/mol. The fourth-order valence-corrected chi connectivity index (χ4v) is 3.46. The lowest BCUT2D eigenvalue weighted by Gasteiger charge is -2.30. The molecule has 1 aliphatic heterocycles. The van der Waals surface area contributed by atoms with Gasteiger partial charge in [0.15, 0.2) is 0 Å². The molecule has 0 aliphatic carbocycles. The van der Waals surface area contributed by atoms with Crippen molar-refractivity contribution in [2.24, 2.45) is 0 Å². The first-order chi connectivity index (χ1) is 9.53. The van der Waals surface area contributed by atoms with E-state index < -0.39 is 10.0 Å². The van der Waals surface area contributed by atoms with Gasteiger partial charge in [0.25, 0.3) is 0 Å². The van der Waals surface area contributed by atoms with E-state index in [2.05, 4.69) is 9.62 Å². The van der Waals surface area contributed by atoms with Crippen LogP contribution in [0.3, 0.4) is 0 Å². The summed E-state index contributed by atoms with van der Waals surface area (Å²) in [6, 6.07) is 6.42. The highest BCUT2D eigenvalue weighted by atomic mass is 32.2. The number of hydrogen-bond donors (Lipinski definition) is 2. The molecule has 112 valence electrons. The summed E-state index contributed by atoms with van der Waals surface area (Å²) in [6.45, 7) is 2.09. The average Bonchev–Trinajstić information content (AvgIpc) is 2.45. The number of benzene rings is 1. The van der Waals surface area contributed by atoms with Gasteiger partial charge in [0.1, 0.15) is 0 Å². The Morgan fingerprint density at radius 2 is 2.20 bits per heavy atom. The monoisotopic (exact) mass is 300 g/mol. The predicted molar refractivity (Wildman–Crippen MR) is 74.8 cm³/mol. The summed E-state index contributed by atoms with van der Waals surface area (Å²) in [5, 5.41) is 9.21. The Morgan fingerprint density at radius 3 is 2.90 bits per heavy atom. The molecule has 0 spiro atoms. The van der Waals surface area contributed by atoms with Crippen LogP contribution in [0.4, 0.5) is 0 Å². The second-order valence-corrected chi connectivity index (χ2v) is 6.61. The van der Waals surface area contributed by atoms with Gasteiger partial charge in [-0.2, -0.15) is 0 Å². The topological polar surface area (TPSA) is 78.9 Å². The van der Waals surface area contributed by atoms with Gasteiger partial charge in [-0.3, -0.25) is 0 Å². The summed E-state index contributed by atoms with van der Waals surface area (Å²) in [4.78, 5) is 2.22. The van der Waals surface area contributed by atoms with Crippen LogP contribution >= 0.6 is 0 Å². The van der Waals surface area contributed by atoms with E-state index in [1.54, 1.807) is 18.2 Å². The lowest BCUT2D eigenvalue weighted by atomic mass is 10.2. The van der Waals surface area contributed by atoms with Gasteiger partial charge < -0.3 is 14.7 Å². The molecule has 1 atom stereocenters. The maximum atomic E-state index is 12.2. The van der Waals surface area contributed by atoms with E-state index >= 15 is 0 Å². The van der Waals surface area contributed by atoms with Crippen molar-refractivity contribution in [2.75, 3.05) is 33.3 Å². The number of aliphatic hydroxyl groups is 1. The van der Waals surface area contributed by atoms with E-state index in [1.165, 1.54) is 6.07 Å². The fraction of sp³-hybridized carbons (Fsp3) is 0.538. The Kier molecular flexibility index (Phi) is 5.11. The number of nitrogens with one attached hydrogen (secondary N) is 1. The van der Waals surface area contributed by atoms with Gasteiger partial charge in [-0.15, -0.1) is 0 Å². The van der Waals surface area contributed by atoms with Crippen molar-refractivity contribution in [3.05, 3.63) is 29.8 Å². The first-order valence-electron chi connectivity index (χ1n) is 6.51. The van der Waals surface area contributed by atoms with Crippen molar-refractivity contribution in [3.8, 4) is 0 Å². The van der Waals surface area contributed by atoms with Crippen LogP contribution in [0.15, 0.2) is 29.2 Å². The number of aliphatic hydroxyl groups excluding tert-OH is 1. The van der Waals surface area contributed by atoms with Crippen molar-refractivity contribution in [2.45, 2.75) is 17.6 Å². The van der Waals surface area contributed by atoms with Gasteiger partial charge in [-0.25, -0.2) is 13.1 Å². The molecule has 7 heteroatoms. The summed E-state index contributed by atoms with van der Waals surface area (Å²) in [5.74, 6) is 0. The number of sulfonamides is 1. The van der Waals surface area contributed by atoms with E-state index in [-0.39, 0.29) is 24.2 Å². The zero-order valence-corrected chi connectivity index (χ0v) is 12.3. The predicted octanol–water partition coefficient (Wildman–Crippen LogP) is -0.212. The maximum Gasteiger partial charge on any atom is 0.241 e. The molecular formula is C13H20N2O4S. The van der Waals surface area contributed by atoms with Crippen LogP contribution in [0, 0.1) is 0 Å². The first kappa shape index (κ1) is 15.4. The highest BCUT2D eigenvalue weighted by Crippen LogP contribution is 2.15. The van der Waals surface area contributed by atoms with Gasteiger partial charge in [0, 0.05) is 19.6 Å². The first-order valence-corrected chi connectivity index (χ1v) is 8.00. The number of rotatable bonds is 5. The minimum Gasteiger partial charge on any atom is -0.392 e. The third kappa shape index (κ3) is 3.77. The van der Waals surface area contributed by atoms with Crippen molar-refractivity contribution in [3.63, 3.8) is 0 Å². The summed E-state index contributed by atoms with van der Waals surface area (Å²) in [7, 11) is -1.65. The maximum absolute atomic E-state index is 12.2. The second kappa shape index (κ2) is 6.64. The lowest BCUT2D eigenvalue weighted by molar-refractivity contribution is -0.0156. The van der Waals surface area contributed by atoms with Crippen molar-refractivity contribution in [1.82, 2.24) is 9.62 Å². The van der Waals surface area contributed by atoms with Crippen LogP contribution < -0.4 is 4.72 Å². The third-order valence-corrected chi connectivity index (χ3v) is 4.80. The Morgan fingerprint density at radius 1 is 1.45 bits per heavy atom. The van der Waals surface area contributed by atoms with Gasteiger partial charge in [0.05, 0.1) is 24.2 Å². The van der Waals surface area contributed by atoms with Crippen LogP contribution in [0.5, 0.6) is 0 Å². The molecule has 0 amide bonds. The van der Waals surface area contributed by atoms with E-state index in [4.69, 9.17) is 4.74 Å². The Hall–Kier alpha value is -0.990. The van der Waals surface area contributed by atoms with Crippen molar-refractivity contribution in [1.29, 1.82) is 0 Å². The molecular weight excluding hydrogens is 280 g/mol. The molecule has 1 unspecified atom stereocenters. The van der Waals surface area contributed by atoms with Crippen LogP contribution in [0.1, 0.15) is 5.56 Å². The molecule has 2 N–H and O–H groups in total. The molecule has 2 rings (SSSR count). The van der Waals surface area contributed by atoms with Gasteiger partial charge in [-0.05, 0) is 18.7 Å².